The average Bonchev–Trinajstić information content (AvgIpc) is 2.03. The largest absolute Gasteiger partial charge is 0.388 e. The fourth-order valence-corrected chi connectivity index (χ4v) is 1.08. The van der Waals surface area contributed by atoms with Gasteiger partial charge in [-0.05, 0) is 5.56 Å². The molecule has 0 saturated carbocycles. The van der Waals surface area contributed by atoms with Crippen LogP contribution in [0.3, 0.4) is 0 Å². The van der Waals surface area contributed by atoms with Crippen LogP contribution in [0.2, 0.25) is 0 Å². The average molecular weight is 183 g/mol. The molecule has 0 fully saturated rings. The van der Waals surface area contributed by atoms with E-state index in [1.165, 1.54) is 0 Å². The fourth-order valence-electron chi connectivity index (χ4n) is 1.08. The number of aliphatic hydroxyl groups excluding tert-OH is 1. The van der Waals surface area contributed by atoms with E-state index in [9.17, 15) is 5.11 Å². The van der Waals surface area contributed by atoms with Crippen molar-refractivity contribution in [1.82, 2.24) is 0 Å². The highest BCUT2D eigenvalue weighted by molar-refractivity contribution is 5.17. The number of benzene rings is 1. The maximum atomic E-state index is 9.46. The second kappa shape index (κ2) is 3.85. The molecule has 1 atom stereocenters. The number of aliphatic hydroxyl groups is 3. The van der Waals surface area contributed by atoms with E-state index in [1.54, 1.807) is 24.3 Å². The number of rotatable bonds is 3. The summed E-state index contributed by atoms with van der Waals surface area (Å²) in [5.74, 6) is -2.32. The lowest BCUT2D eigenvalue weighted by Gasteiger charge is -2.19. The van der Waals surface area contributed by atoms with E-state index >= 15 is 0 Å². The van der Waals surface area contributed by atoms with Gasteiger partial charge in [-0.15, -0.1) is 0 Å². The minimum Gasteiger partial charge on any atom is -0.388 e. The Morgan fingerprint density at radius 2 is 1.77 bits per heavy atom. The van der Waals surface area contributed by atoms with Gasteiger partial charge in [-0.1, -0.05) is 30.3 Å². The Morgan fingerprint density at radius 3 is 2.23 bits per heavy atom. The van der Waals surface area contributed by atoms with Crippen LogP contribution in [0.25, 0.3) is 0 Å². The Kier molecular flexibility index (Phi) is 3.00. The lowest BCUT2D eigenvalue weighted by molar-refractivity contribution is -0.176. The standard InChI is InChI=1S/C9H13NO3/c10-9(12,13)6-8(11)7-4-2-1-3-5-7/h1-5,8,11-13H,6,10H2. The first kappa shape index (κ1) is 10.1. The van der Waals surface area contributed by atoms with E-state index in [4.69, 9.17) is 15.9 Å². The van der Waals surface area contributed by atoms with E-state index in [1.807, 2.05) is 6.07 Å². The SMILES string of the molecule is NC(O)(O)CC(O)c1ccccc1. The van der Waals surface area contributed by atoms with Gasteiger partial charge in [0.1, 0.15) is 0 Å². The van der Waals surface area contributed by atoms with Crippen molar-refractivity contribution in [2.75, 3.05) is 0 Å². The normalized spacial score (nSPS) is 14.2. The van der Waals surface area contributed by atoms with Gasteiger partial charge in [0.2, 0.25) is 5.91 Å². The van der Waals surface area contributed by atoms with Gasteiger partial charge in [0.15, 0.2) is 0 Å². The topological polar surface area (TPSA) is 86.7 Å². The highest BCUT2D eigenvalue weighted by atomic mass is 16.5. The third kappa shape index (κ3) is 3.52. The molecule has 1 unspecified atom stereocenters. The van der Waals surface area contributed by atoms with Crippen LogP contribution in [0, 0.1) is 0 Å². The maximum absolute atomic E-state index is 9.46. The molecule has 1 rings (SSSR count). The molecule has 5 N–H and O–H groups in total. The van der Waals surface area contributed by atoms with Crippen molar-refractivity contribution in [3.8, 4) is 0 Å². The summed E-state index contributed by atoms with van der Waals surface area (Å²) in [5.41, 5.74) is 5.54. The lowest BCUT2D eigenvalue weighted by Crippen LogP contribution is -2.40. The first-order valence-corrected chi connectivity index (χ1v) is 3.96. The van der Waals surface area contributed by atoms with Crippen molar-refractivity contribution in [3.63, 3.8) is 0 Å². The predicted molar refractivity (Wildman–Crippen MR) is 47.4 cm³/mol. The molecule has 0 aliphatic heterocycles. The fraction of sp³-hybridized carbons (Fsp3) is 0.333. The van der Waals surface area contributed by atoms with Gasteiger partial charge in [0.25, 0.3) is 0 Å². The Balaban J connectivity index is 2.64. The Hall–Kier alpha value is -0.940. The number of hydrogen-bond donors (Lipinski definition) is 4. The Bertz CT molecular complexity index is 255. The molecule has 0 bridgehead atoms. The van der Waals surface area contributed by atoms with E-state index < -0.39 is 12.0 Å². The van der Waals surface area contributed by atoms with E-state index in [0.717, 1.165) is 0 Å². The molecular weight excluding hydrogens is 170 g/mol. The van der Waals surface area contributed by atoms with E-state index in [0.29, 0.717) is 5.56 Å². The van der Waals surface area contributed by atoms with Gasteiger partial charge in [0.05, 0.1) is 6.10 Å². The summed E-state index contributed by atoms with van der Waals surface area (Å²) < 4.78 is 0. The highest BCUT2D eigenvalue weighted by Crippen LogP contribution is 2.19. The molecule has 0 amide bonds. The zero-order valence-electron chi connectivity index (χ0n) is 7.09. The molecule has 1 aromatic carbocycles. The minimum atomic E-state index is -2.32. The van der Waals surface area contributed by atoms with Crippen molar-refractivity contribution >= 4 is 0 Å². The molecule has 0 aromatic heterocycles. The zero-order chi connectivity index (χ0) is 9.90. The van der Waals surface area contributed by atoms with Crippen molar-refractivity contribution < 1.29 is 15.3 Å². The summed E-state index contributed by atoms with van der Waals surface area (Å²) >= 11 is 0. The monoisotopic (exact) mass is 183 g/mol. The first-order chi connectivity index (χ1) is 5.99. The van der Waals surface area contributed by atoms with Crippen LogP contribution in [0.1, 0.15) is 18.1 Å². The van der Waals surface area contributed by atoms with Crippen LogP contribution < -0.4 is 5.73 Å². The molecule has 0 heterocycles. The lowest BCUT2D eigenvalue weighted by atomic mass is 10.1. The van der Waals surface area contributed by atoms with Crippen molar-refractivity contribution in [1.29, 1.82) is 0 Å². The zero-order valence-corrected chi connectivity index (χ0v) is 7.09. The third-order valence-electron chi connectivity index (χ3n) is 1.68. The van der Waals surface area contributed by atoms with E-state index in [-0.39, 0.29) is 6.42 Å². The third-order valence-corrected chi connectivity index (χ3v) is 1.68. The van der Waals surface area contributed by atoms with Crippen molar-refractivity contribution in [3.05, 3.63) is 35.9 Å². The summed E-state index contributed by atoms with van der Waals surface area (Å²) in [7, 11) is 0. The van der Waals surface area contributed by atoms with Crippen LogP contribution in [0.4, 0.5) is 0 Å². The Labute approximate surface area is 76.2 Å². The number of hydrogen-bond acceptors (Lipinski definition) is 4. The van der Waals surface area contributed by atoms with Crippen LogP contribution in [0.15, 0.2) is 30.3 Å². The smallest absolute Gasteiger partial charge is 0.222 e. The van der Waals surface area contributed by atoms with Gasteiger partial charge in [-0.3, -0.25) is 5.73 Å². The molecule has 0 radical (unpaired) electrons. The summed E-state index contributed by atoms with van der Waals surface area (Å²) in [6, 6.07) is 8.70. The molecule has 0 aliphatic rings. The molecule has 0 saturated heterocycles. The van der Waals surface area contributed by atoms with Gasteiger partial charge in [0, 0.05) is 6.42 Å². The highest BCUT2D eigenvalue weighted by Gasteiger charge is 2.22. The molecule has 0 aliphatic carbocycles. The second-order valence-electron chi connectivity index (χ2n) is 3.01. The van der Waals surface area contributed by atoms with Gasteiger partial charge in [-0.25, -0.2) is 0 Å². The summed E-state index contributed by atoms with van der Waals surface area (Å²) in [6.07, 6.45) is -1.27. The van der Waals surface area contributed by atoms with Gasteiger partial charge < -0.3 is 15.3 Å². The van der Waals surface area contributed by atoms with Crippen LogP contribution in [0.5, 0.6) is 0 Å². The molecule has 0 spiro atoms. The summed E-state index contributed by atoms with van der Waals surface area (Å²) in [6.45, 7) is 0. The molecule has 4 heteroatoms. The van der Waals surface area contributed by atoms with E-state index in [2.05, 4.69) is 0 Å². The quantitative estimate of drug-likeness (QED) is 0.485. The first-order valence-electron chi connectivity index (χ1n) is 3.96. The predicted octanol–water partition coefficient (Wildman–Crippen LogP) is -0.293. The summed E-state index contributed by atoms with van der Waals surface area (Å²) in [4.78, 5) is 0. The minimum absolute atomic E-state index is 0.309. The summed E-state index contributed by atoms with van der Waals surface area (Å²) in [5, 5.41) is 27.1. The number of nitrogens with two attached hydrogens (primary N) is 1. The second-order valence-corrected chi connectivity index (χ2v) is 3.01. The molecular formula is C9H13NO3. The van der Waals surface area contributed by atoms with Crippen LogP contribution in [-0.4, -0.2) is 21.2 Å². The van der Waals surface area contributed by atoms with Crippen molar-refractivity contribution in [2.24, 2.45) is 5.73 Å². The molecule has 13 heavy (non-hydrogen) atoms. The van der Waals surface area contributed by atoms with Gasteiger partial charge in [-0.2, -0.15) is 0 Å². The van der Waals surface area contributed by atoms with Crippen LogP contribution >= 0.6 is 0 Å². The van der Waals surface area contributed by atoms with Gasteiger partial charge >= 0.3 is 0 Å². The van der Waals surface area contributed by atoms with Crippen LogP contribution in [-0.2, 0) is 0 Å². The van der Waals surface area contributed by atoms with Crippen molar-refractivity contribution in [2.45, 2.75) is 18.4 Å². The molecule has 1 aromatic rings. The molecule has 72 valence electrons. The maximum Gasteiger partial charge on any atom is 0.222 e. The molecule has 4 nitrogen and oxygen atoms in total. The Morgan fingerprint density at radius 1 is 1.23 bits per heavy atom.